The average molecular weight is 251 g/mol. The van der Waals surface area contributed by atoms with Gasteiger partial charge in [0.05, 0.1) is 4.92 Å². The zero-order valence-electron chi connectivity index (χ0n) is 10.4. The summed E-state index contributed by atoms with van der Waals surface area (Å²) in [6, 6.07) is 5.60. The molecule has 1 unspecified atom stereocenters. The molecule has 6 heteroatoms. The van der Waals surface area contributed by atoms with Gasteiger partial charge in [-0.15, -0.1) is 0 Å². The van der Waals surface area contributed by atoms with Crippen molar-refractivity contribution >= 4 is 17.3 Å². The fourth-order valence-corrected chi connectivity index (χ4v) is 1.36. The molecule has 98 valence electrons. The third kappa shape index (κ3) is 4.14. The van der Waals surface area contributed by atoms with E-state index >= 15 is 0 Å². The number of amides is 1. The Bertz CT molecular complexity index is 446. The third-order valence-corrected chi connectivity index (χ3v) is 2.62. The molecular formula is C12H17N3O3. The van der Waals surface area contributed by atoms with Crippen LogP contribution < -0.4 is 11.1 Å². The van der Waals surface area contributed by atoms with Crippen molar-refractivity contribution in [1.29, 1.82) is 0 Å². The van der Waals surface area contributed by atoms with Gasteiger partial charge in [0.25, 0.3) is 5.69 Å². The lowest BCUT2D eigenvalue weighted by atomic mass is 10.0. The summed E-state index contributed by atoms with van der Waals surface area (Å²) in [7, 11) is 0. The second-order valence-corrected chi connectivity index (χ2v) is 4.47. The van der Waals surface area contributed by atoms with Gasteiger partial charge in [0, 0.05) is 30.3 Å². The maximum Gasteiger partial charge on any atom is 0.271 e. The first-order chi connectivity index (χ1) is 8.40. The second kappa shape index (κ2) is 6.11. The van der Waals surface area contributed by atoms with Crippen molar-refractivity contribution < 1.29 is 9.72 Å². The summed E-state index contributed by atoms with van der Waals surface area (Å²) >= 11 is 0. The van der Waals surface area contributed by atoms with Gasteiger partial charge in [-0.3, -0.25) is 14.9 Å². The number of nitrogens with zero attached hydrogens (tertiary/aromatic N) is 1. The number of hydrogen-bond donors (Lipinski definition) is 2. The van der Waals surface area contributed by atoms with Gasteiger partial charge >= 0.3 is 0 Å². The van der Waals surface area contributed by atoms with E-state index in [0.29, 0.717) is 5.69 Å². The van der Waals surface area contributed by atoms with Gasteiger partial charge < -0.3 is 11.1 Å². The molecule has 1 amide bonds. The largest absolute Gasteiger partial charge is 0.327 e. The molecule has 0 radical (unpaired) electrons. The predicted molar refractivity (Wildman–Crippen MR) is 69.2 cm³/mol. The van der Waals surface area contributed by atoms with Crippen molar-refractivity contribution in [3.63, 3.8) is 0 Å². The number of nitro groups is 1. The van der Waals surface area contributed by atoms with Crippen LogP contribution in [0.1, 0.15) is 20.3 Å². The Morgan fingerprint density at radius 3 is 2.72 bits per heavy atom. The van der Waals surface area contributed by atoms with Crippen LogP contribution in [0.2, 0.25) is 0 Å². The molecule has 0 aliphatic heterocycles. The van der Waals surface area contributed by atoms with Crippen LogP contribution in [0.4, 0.5) is 11.4 Å². The van der Waals surface area contributed by atoms with E-state index < -0.39 is 4.92 Å². The molecule has 0 heterocycles. The first-order valence-electron chi connectivity index (χ1n) is 5.70. The lowest BCUT2D eigenvalue weighted by Gasteiger charge is -2.14. The highest BCUT2D eigenvalue weighted by Crippen LogP contribution is 2.17. The summed E-state index contributed by atoms with van der Waals surface area (Å²) in [4.78, 5) is 21.7. The van der Waals surface area contributed by atoms with Crippen LogP contribution in [0, 0.1) is 16.0 Å². The van der Waals surface area contributed by atoms with Gasteiger partial charge in [-0.2, -0.15) is 0 Å². The maximum atomic E-state index is 11.6. The highest BCUT2D eigenvalue weighted by Gasteiger charge is 2.14. The van der Waals surface area contributed by atoms with Crippen LogP contribution >= 0.6 is 0 Å². The minimum Gasteiger partial charge on any atom is -0.327 e. The summed E-state index contributed by atoms with van der Waals surface area (Å²) in [5.74, 6) is -0.0300. The van der Waals surface area contributed by atoms with Gasteiger partial charge in [-0.05, 0) is 12.0 Å². The minimum absolute atomic E-state index is 0.0547. The van der Waals surface area contributed by atoms with Crippen molar-refractivity contribution in [2.45, 2.75) is 26.3 Å². The fraction of sp³-hybridized carbons (Fsp3) is 0.417. The van der Waals surface area contributed by atoms with Gasteiger partial charge in [-0.1, -0.05) is 19.9 Å². The van der Waals surface area contributed by atoms with Gasteiger partial charge in [0.2, 0.25) is 5.91 Å². The number of nitro benzene ring substituents is 1. The molecule has 0 saturated carbocycles. The van der Waals surface area contributed by atoms with Crippen LogP contribution in [-0.2, 0) is 4.79 Å². The number of benzene rings is 1. The third-order valence-electron chi connectivity index (χ3n) is 2.62. The first-order valence-corrected chi connectivity index (χ1v) is 5.70. The molecule has 3 N–H and O–H groups in total. The van der Waals surface area contributed by atoms with Crippen molar-refractivity contribution in [1.82, 2.24) is 0 Å². The average Bonchev–Trinajstić information content (AvgIpc) is 2.28. The molecule has 1 rings (SSSR count). The Balaban J connectivity index is 2.65. The number of nitrogens with two attached hydrogens (primary N) is 1. The summed E-state index contributed by atoms with van der Waals surface area (Å²) < 4.78 is 0. The molecule has 1 atom stereocenters. The quantitative estimate of drug-likeness (QED) is 0.616. The summed E-state index contributed by atoms with van der Waals surface area (Å²) in [6.45, 7) is 3.87. The van der Waals surface area contributed by atoms with E-state index in [4.69, 9.17) is 5.73 Å². The predicted octanol–water partition coefficient (Wildman–Crippen LogP) is 1.91. The van der Waals surface area contributed by atoms with Gasteiger partial charge in [0.15, 0.2) is 0 Å². The molecule has 0 saturated heterocycles. The van der Waals surface area contributed by atoms with Crippen LogP contribution in [0.5, 0.6) is 0 Å². The molecule has 0 aromatic heterocycles. The maximum absolute atomic E-state index is 11.6. The van der Waals surface area contributed by atoms with Crippen LogP contribution in [0.3, 0.4) is 0 Å². The standard InChI is InChI=1S/C12H17N3O3/c1-8(2)11(13)7-12(16)14-9-4-3-5-10(6-9)15(17)18/h3-6,8,11H,7,13H2,1-2H3,(H,14,16). The van der Waals surface area contributed by atoms with Crippen LogP contribution in [-0.4, -0.2) is 16.9 Å². The van der Waals surface area contributed by atoms with Gasteiger partial charge in [-0.25, -0.2) is 0 Å². The molecule has 18 heavy (non-hydrogen) atoms. The minimum atomic E-state index is -0.504. The Morgan fingerprint density at radius 1 is 1.50 bits per heavy atom. The van der Waals surface area contributed by atoms with Crippen LogP contribution in [0.25, 0.3) is 0 Å². The summed E-state index contributed by atoms with van der Waals surface area (Å²) in [5.41, 5.74) is 6.13. The van der Waals surface area contributed by atoms with Crippen molar-refractivity contribution in [2.24, 2.45) is 11.7 Å². The summed E-state index contributed by atoms with van der Waals surface area (Å²) in [6.07, 6.45) is 0.195. The number of rotatable bonds is 5. The van der Waals surface area contributed by atoms with Crippen molar-refractivity contribution in [3.05, 3.63) is 34.4 Å². The number of hydrogen-bond acceptors (Lipinski definition) is 4. The molecule has 6 nitrogen and oxygen atoms in total. The first kappa shape index (κ1) is 14.1. The molecular weight excluding hydrogens is 234 g/mol. The molecule has 0 aliphatic rings. The van der Waals surface area contributed by atoms with Crippen LogP contribution in [0.15, 0.2) is 24.3 Å². The van der Waals surface area contributed by atoms with E-state index in [0.717, 1.165) is 0 Å². The zero-order chi connectivity index (χ0) is 13.7. The second-order valence-electron chi connectivity index (χ2n) is 4.47. The lowest BCUT2D eigenvalue weighted by molar-refractivity contribution is -0.384. The normalized spacial score (nSPS) is 12.2. The number of non-ortho nitro benzene ring substituents is 1. The molecule has 1 aromatic rings. The fourth-order valence-electron chi connectivity index (χ4n) is 1.36. The number of carbonyl (C=O) groups excluding carboxylic acids is 1. The number of carbonyl (C=O) groups is 1. The van der Waals surface area contributed by atoms with E-state index in [1.54, 1.807) is 6.07 Å². The van der Waals surface area contributed by atoms with E-state index in [1.165, 1.54) is 18.2 Å². The Hall–Kier alpha value is -1.95. The molecule has 1 aromatic carbocycles. The van der Waals surface area contributed by atoms with Crippen molar-refractivity contribution in [3.8, 4) is 0 Å². The topological polar surface area (TPSA) is 98.3 Å². The van der Waals surface area contributed by atoms with E-state index in [1.807, 2.05) is 13.8 Å². The zero-order valence-corrected chi connectivity index (χ0v) is 10.4. The highest BCUT2D eigenvalue weighted by atomic mass is 16.6. The van der Waals surface area contributed by atoms with Crippen molar-refractivity contribution in [2.75, 3.05) is 5.32 Å². The molecule has 0 fully saturated rings. The Morgan fingerprint density at radius 2 is 2.17 bits per heavy atom. The van der Waals surface area contributed by atoms with E-state index in [-0.39, 0.29) is 30.0 Å². The molecule has 0 aliphatic carbocycles. The van der Waals surface area contributed by atoms with Gasteiger partial charge in [0.1, 0.15) is 0 Å². The smallest absolute Gasteiger partial charge is 0.271 e. The Labute approximate surface area is 105 Å². The monoisotopic (exact) mass is 251 g/mol. The molecule has 0 spiro atoms. The van der Waals surface area contributed by atoms with E-state index in [2.05, 4.69) is 5.32 Å². The Kier molecular flexibility index (Phi) is 4.79. The summed E-state index contributed by atoms with van der Waals surface area (Å²) in [5, 5.41) is 13.2. The highest BCUT2D eigenvalue weighted by molar-refractivity contribution is 5.91. The molecule has 0 bridgehead atoms. The SMILES string of the molecule is CC(C)C(N)CC(=O)Nc1cccc([N+](=O)[O-])c1. The number of anilines is 1. The lowest BCUT2D eigenvalue weighted by Crippen LogP contribution is -2.31. The number of nitrogens with one attached hydrogen (secondary N) is 1. The van der Waals surface area contributed by atoms with E-state index in [9.17, 15) is 14.9 Å².